The summed E-state index contributed by atoms with van der Waals surface area (Å²) in [5.74, 6) is 0. The third-order valence-electron chi connectivity index (χ3n) is 3.95. The first-order chi connectivity index (χ1) is 11.9. The van der Waals surface area contributed by atoms with Crippen molar-refractivity contribution in [2.24, 2.45) is 4.99 Å². The van der Waals surface area contributed by atoms with Crippen molar-refractivity contribution in [1.82, 2.24) is 4.57 Å². The molecule has 2 nitrogen and oxygen atoms in total. The monoisotopic (exact) mass is 498 g/mol. The van der Waals surface area contributed by atoms with Crippen LogP contribution in [0.3, 0.4) is 0 Å². The molecular formula is C19H14Br2Cl2N2. The molecule has 0 amide bonds. The van der Waals surface area contributed by atoms with Gasteiger partial charge in [0.25, 0.3) is 0 Å². The second-order valence-electron chi connectivity index (χ2n) is 5.57. The van der Waals surface area contributed by atoms with Gasteiger partial charge in [-0.2, -0.15) is 0 Å². The van der Waals surface area contributed by atoms with Gasteiger partial charge < -0.3 is 4.57 Å². The van der Waals surface area contributed by atoms with Gasteiger partial charge in [-0.15, -0.1) is 0 Å². The van der Waals surface area contributed by atoms with Gasteiger partial charge in [-0.1, -0.05) is 39.1 Å². The first kappa shape index (κ1) is 18.7. The molecule has 0 fully saturated rings. The van der Waals surface area contributed by atoms with E-state index in [2.05, 4.69) is 67.4 Å². The second kappa shape index (κ2) is 7.67. The first-order valence-electron chi connectivity index (χ1n) is 7.51. The van der Waals surface area contributed by atoms with Crippen molar-refractivity contribution in [2.75, 3.05) is 0 Å². The maximum atomic E-state index is 6.06. The average Bonchev–Trinajstić information content (AvgIpc) is 2.80. The number of nitrogens with zero attached hydrogens (tertiary/aromatic N) is 2. The predicted octanol–water partition coefficient (Wildman–Crippen LogP) is 7.68. The van der Waals surface area contributed by atoms with Crippen LogP contribution in [0.5, 0.6) is 0 Å². The molecule has 0 spiro atoms. The Bertz CT molecular complexity index is 961. The molecule has 1 heterocycles. The molecule has 1 aromatic heterocycles. The Morgan fingerprint density at radius 1 is 0.920 bits per heavy atom. The summed E-state index contributed by atoms with van der Waals surface area (Å²) in [6, 6.07) is 13.6. The Labute approximate surface area is 173 Å². The lowest BCUT2D eigenvalue weighted by Gasteiger charge is -2.09. The second-order valence-corrected chi connectivity index (χ2v) is 8.09. The van der Waals surface area contributed by atoms with Crippen LogP contribution in [0.1, 0.15) is 17.0 Å². The molecule has 128 valence electrons. The van der Waals surface area contributed by atoms with Crippen LogP contribution >= 0.6 is 55.1 Å². The number of aromatic nitrogens is 1. The third kappa shape index (κ3) is 3.87. The summed E-state index contributed by atoms with van der Waals surface area (Å²) in [5, 5.41) is 1.02. The molecule has 0 aliphatic rings. The third-order valence-corrected chi connectivity index (χ3v) is 6.21. The molecule has 25 heavy (non-hydrogen) atoms. The van der Waals surface area contributed by atoms with Crippen molar-refractivity contribution < 1.29 is 0 Å². The van der Waals surface area contributed by atoms with Crippen molar-refractivity contribution in [3.8, 4) is 5.69 Å². The fraction of sp³-hybridized carbons (Fsp3) is 0.105. The molecule has 3 aromatic rings. The molecule has 2 aromatic carbocycles. The number of hydrogen-bond acceptors (Lipinski definition) is 1. The molecule has 6 heteroatoms. The van der Waals surface area contributed by atoms with Gasteiger partial charge in [0.15, 0.2) is 0 Å². The molecule has 0 saturated carbocycles. The number of aliphatic imine (C=N–C) groups is 1. The topological polar surface area (TPSA) is 17.3 Å². The zero-order chi connectivity index (χ0) is 18.1. The fourth-order valence-corrected chi connectivity index (χ4v) is 3.78. The summed E-state index contributed by atoms with van der Waals surface area (Å²) in [7, 11) is 0. The Kier molecular flexibility index (Phi) is 5.74. The largest absolute Gasteiger partial charge is 0.317 e. The highest BCUT2D eigenvalue weighted by Gasteiger charge is 2.15. The molecule has 0 radical (unpaired) electrons. The minimum absolute atomic E-state index is 0.496. The highest BCUT2D eigenvalue weighted by Crippen LogP contribution is 2.31. The SMILES string of the molecule is Cc1c(Br)c(C=Nc2ccc(Cl)c(Cl)c2)c(C)n1-c1ccc(Br)cc1. The maximum absolute atomic E-state index is 6.06. The van der Waals surface area contributed by atoms with Gasteiger partial charge in [0.05, 0.1) is 15.7 Å². The van der Waals surface area contributed by atoms with E-state index in [1.165, 1.54) is 0 Å². The zero-order valence-electron chi connectivity index (χ0n) is 13.5. The van der Waals surface area contributed by atoms with Crippen LogP contribution < -0.4 is 0 Å². The summed E-state index contributed by atoms with van der Waals surface area (Å²) in [4.78, 5) is 4.54. The van der Waals surface area contributed by atoms with Crippen LogP contribution in [0.2, 0.25) is 10.0 Å². The summed E-state index contributed by atoms with van der Waals surface area (Å²) in [6.07, 6.45) is 1.85. The molecule has 0 bridgehead atoms. The van der Waals surface area contributed by atoms with Gasteiger partial charge in [0, 0.05) is 37.8 Å². The minimum Gasteiger partial charge on any atom is -0.317 e. The Hall–Kier alpha value is -1.07. The van der Waals surface area contributed by atoms with E-state index >= 15 is 0 Å². The maximum Gasteiger partial charge on any atom is 0.0645 e. The minimum atomic E-state index is 0.496. The van der Waals surface area contributed by atoms with E-state index in [1.807, 2.05) is 24.4 Å². The van der Waals surface area contributed by atoms with Crippen LogP contribution in [0, 0.1) is 13.8 Å². The number of benzene rings is 2. The molecule has 0 unspecified atom stereocenters. The molecule has 0 N–H and O–H groups in total. The summed E-state index contributed by atoms with van der Waals surface area (Å²) >= 11 is 19.2. The van der Waals surface area contributed by atoms with Gasteiger partial charge in [-0.3, -0.25) is 4.99 Å². The van der Waals surface area contributed by atoms with Gasteiger partial charge in [0.1, 0.15) is 0 Å². The van der Waals surface area contributed by atoms with Crippen molar-refractivity contribution >= 4 is 67.0 Å². The van der Waals surface area contributed by atoms with E-state index in [0.29, 0.717) is 10.0 Å². The Balaban J connectivity index is 2.02. The van der Waals surface area contributed by atoms with Crippen molar-refractivity contribution in [2.45, 2.75) is 13.8 Å². The lowest BCUT2D eigenvalue weighted by Crippen LogP contribution is -1.99. The standard InChI is InChI=1S/C19H14Br2Cl2N2/c1-11-16(10-24-14-5-8-17(22)18(23)9-14)19(21)12(2)25(11)15-6-3-13(20)4-7-15/h3-10H,1-2H3. The van der Waals surface area contributed by atoms with Crippen LogP contribution in [0.25, 0.3) is 5.69 Å². The fourth-order valence-electron chi connectivity index (χ4n) is 2.66. The van der Waals surface area contributed by atoms with Crippen LogP contribution in [0.15, 0.2) is 56.4 Å². The quantitative estimate of drug-likeness (QED) is 0.328. The Morgan fingerprint density at radius 2 is 1.60 bits per heavy atom. The lowest BCUT2D eigenvalue weighted by atomic mass is 10.2. The van der Waals surface area contributed by atoms with E-state index in [4.69, 9.17) is 23.2 Å². The van der Waals surface area contributed by atoms with E-state index in [1.54, 1.807) is 12.1 Å². The van der Waals surface area contributed by atoms with Crippen LogP contribution in [-0.2, 0) is 0 Å². The number of hydrogen-bond donors (Lipinski definition) is 0. The molecule has 0 saturated heterocycles. The normalized spacial score (nSPS) is 11.4. The first-order valence-corrected chi connectivity index (χ1v) is 9.85. The zero-order valence-corrected chi connectivity index (χ0v) is 18.2. The van der Waals surface area contributed by atoms with Gasteiger partial charge in [-0.25, -0.2) is 0 Å². The van der Waals surface area contributed by atoms with Crippen LogP contribution in [-0.4, -0.2) is 10.8 Å². The highest BCUT2D eigenvalue weighted by atomic mass is 79.9. The summed E-state index contributed by atoms with van der Waals surface area (Å²) in [5.41, 5.74) is 5.13. The molecule has 0 atom stereocenters. The van der Waals surface area contributed by atoms with E-state index < -0.39 is 0 Å². The van der Waals surface area contributed by atoms with Gasteiger partial charge >= 0.3 is 0 Å². The molecular weight excluding hydrogens is 487 g/mol. The van der Waals surface area contributed by atoms with Crippen molar-refractivity contribution in [3.63, 3.8) is 0 Å². The van der Waals surface area contributed by atoms with Crippen molar-refractivity contribution in [3.05, 3.63) is 78.4 Å². The highest BCUT2D eigenvalue weighted by molar-refractivity contribution is 9.10. The van der Waals surface area contributed by atoms with E-state index in [9.17, 15) is 0 Å². The molecule has 0 aliphatic heterocycles. The van der Waals surface area contributed by atoms with Gasteiger partial charge in [0.2, 0.25) is 0 Å². The number of halogens is 4. The van der Waals surface area contributed by atoms with Gasteiger partial charge in [-0.05, 0) is 72.2 Å². The molecule has 3 rings (SSSR count). The smallest absolute Gasteiger partial charge is 0.0645 e. The molecule has 0 aliphatic carbocycles. The van der Waals surface area contributed by atoms with E-state index in [-0.39, 0.29) is 0 Å². The summed E-state index contributed by atoms with van der Waals surface area (Å²) in [6.45, 7) is 4.16. The van der Waals surface area contributed by atoms with Crippen molar-refractivity contribution in [1.29, 1.82) is 0 Å². The predicted molar refractivity (Wildman–Crippen MR) is 114 cm³/mol. The lowest BCUT2D eigenvalue weighted by molar-refractivity contribution is 0.962. The average molecular weight is 501 g/mol. The van der Waals surface area contributed by atoms with Crippen LogP contribution in [0.4, 0.5) is 5.69 Å². The number of rotatable bonds is 3. The summed E-state index contributed by atoms with van der Waals surface area (Å²) < 4.78 is 4.28. The van der Waals surface area contributed by atoms with E-state index in [0.717, 1.165) is 37.3 Å². The Morgan fingerprint density at radius 3 is 2.24 bits per heavy atom.